The van der Waals surface area contributed by atoms with Crippen LogP contribution in [-0.4, -0.2) is 22.7 Å². The first-order chi connectivity index (χ1) is 10.0. The van der Waals surface area contributed by atoms with E-state index in [1.165, 1.54) is 6.20 Å². The summed E-state index contributed by atoms with van der Waals surface area (Å²) in [6.45, 7) is 2.33. The molecule has 0 atom stereocenters. The fourth-order valence-corrected chi connectivity index (χ4v) is 1.71. The SMILES string of the molecule is CCOc1ccc(Nc2cc(C(=O)O)c(N)cc2F)cn1. The Morgan fingerprint density at radius 1 is 1.48 bits per heavy atom. The van der Waals surface area contributed by atoms with Crippen LogP contribution in [0.2, 0.25) is 0 Å². The molecule has 1 aromatic heterocycles. The lowest BCUT2D eigenvalue weighted by Crippen LogP contribution is -2.05. The molecule has 0 unspecified atom stereocenters. The molecule has 0 saturated carbocycles. The van der Waals surface area contributed by atoms with Crippen molar-refractivity contribution in [2.45, 2.75) is 6.92 Å². The van der Waals surface area contributed by atoms with E-state index in [0.717, 1.165) is 12.1 Å². The Morgan fingerprint density at radius 3 is 2.81 bits per heavy atom. The number of aromatic nitrogens is 1. The quantitative estimate of drug-likeness (QED) is 0.733. The van der Waals surface area contributed by atoms with Gasteiger partial charge in [-0.3, -0.25) is 0 Å². The molecule has 1 heterocycles. The van der Waals surface area contributed by atoms with Gasteiger partial charge >= 0.3 is 5.97 Å². The number of ether oxygens (including phenoxy) is 1. The van der Waals surface area contributed by atoms with E-state index in [4.69, 9.17) is 15.6 Å². The van der Waals surface area contributed by atoms with Crippen molar-refractivity contribution in [2.24, 2.45) is 0 Å². The topological polar surface area (TPSA) is 97.5 Å². The molecule has 0 saturated heterocycles. The van der Waals surface area contributed by atoms with Crippen LogP contribution in [0.4, 0.5) is 21.5 Å². The third-order valence-electron chi connectivity index (χ3n) is 2.68. The van der Waals surface area contributed by atoms with E-state index in [9.17, 15) is 9.18 Å². The maximum Gasteiger partial charge on any atom is 0.337 e. The van der Waals surface area contributed by atoms with Crippen LogP contribution in [0.15, 0.2) is 30.5 Å². The third kappa shape index (κ3) is 3.38. The van der Waals surface area contributed by atoms with Crippen LogP contribution in [-0.2, 0) is 0 Å². The molecule has 110 valence electrons. The number of carbonyl (C=O) groups is 1. The molecular formula is C14H14FN3O3. The smallest absolute Gasteiger partial charge is 0.337 e. The average molecular weight is 291 g/mol. The van der Waals surface area contributed by atoms with Crippen molar-refractivity contribution in [3.8, 4) is 5.88 Å². The number of nitrogens with zero attached hydrogens (tertiary/aromatic N) is 1. The highest BCUT2D eigenvalue weighted by Crippen LogP contribution is 2.25. The summed E-state index contributed by atoms with van der Waals surface area (Å²) in [6.07, 6.45) is 1.46. The lowest BCUT2D eigenvalue weighted by molar-refractivity contribution is 0.0698. The zero-order valence-corrected chi connectivity index (χ0v) is 11.3. The number of nitrogens with one attached hydrogen (secondary N) is 1. The number of hydrogen-bond acceptors (Lipinski definition) is 5. The van der Waals surface area contributed by atoms with Gasteiger partial charge in [-0.05, 0) is 25.1 Å². The van der Waals surface area contributed by atoms with Crippen LogP contribution in [0.25, 0.3) is 0 Å². The van der Waals surface area contributed by atoms with Gasteiger partial charge in [-0.15, -0.1) is 0 Å². The van der Waals surface area contributed by atoms with Crippen LogP contribution >= 0.6 is 0 Å². The van der Waals surface area contributed by atoms with Crippen molar-refractivity contribution in [2.75, 3.05) is 17.7 Å². The maximum atomic E-state index is 13.8. The molecule has 6 nitrogen and oxygen atoms in total. The second-order valence-electron chi connectivity index (χ2n) is 4.17. The van der Waals surface area contributed by atoms with E-state index >= 15 is 0 Å². The minimum atomic E-state index is -1.22. The zero-order valence-electron chi connectivity index (χ0n) is 11.3. The summed E-state index contributed by atoms with van der Waals surface area (Å²) in [5.41, 5.74) is 5.67. The Labute approximate surface area is 120 Å². The fourth-order valence-electron chi connectivity index (χ4n) is 1.71. The second-order valence-corrected chi connectivity index (χ2v) is 4.17. The van der Waals surface area contributed by atoms with Gasteiger partial charge in [0.2, 0.25) is 5.88 Å². The fraction of sp³-hybridized carbons (Fsp3) is 0.143. The van der Waals surface area contributed by atoms with Gasteiger partial charge in [0.1, 0.15) is 5.82 Å². The van der Waals surface area contributed by atoms with Gasteiger partial charge < -0.3 is 20.9 Å². The Hall–Kier alpha value is -2.83. The van der Waals surface area contributed by atoms with E-state index in [0.29, 0.717) is 18.2 Å². The number of halogens is 1. The molecule has 0 aliphatic carbocycles. The number of hydrogen-bond donors (Lipinski definition) is 3. The Bertz CT molecular complexity index is 659. The summed E-state index contributed by atoms with van der Waals surface area (Å²) in [4.78, 5) is 15.0. The van der Waals surface area contributed by atoms with Crippen LogP contribution in [0.5, 0.6) is 5.88 Å². The number of nitrogen functional groups attached to an aromatic ring is 1. The van der Waals surface area contributed by atoms with Crippen molar-refractivity contribution in [1.29, 1.82) is 0 Å². The Morgan fingerprint density at radius 2 is 2.24 bits per heavy atom. The summed E-state index contributed by atoms with van der Waals surface area (Å²) >= 11 is 0. The number of aromatic carboxylic acids is 1. The number of nitrogens with two attached hydrogens (primary N) is 1. The van der Waals surface area contributed by atoms with Crippen LogP contribution in [0.3, 0.4) is 0 Å². The molecule has 0 spiro atoms. The van der Waals surface area contributed by atoms with Gasteiger partial charge in [-0.25, -0.2) is 14.2 Å². The number of benzene rings is 1. The predicted octanol–water partition coefficient (Wildman–Crippen LogP) is 2.64. The standard InChI is InChI=1S/C14H14FN3O3/c1-2-21-13-4-3-8(7-17-13)18-12-5-9(14(19)20)11(16)6-10(12)15/h3-7,18H,2,16H2,1H3,(H,19,20). The van der Waals surface area contributed by atoms with Crippen molar-refractivity contribution in [3.05, 3.63) is 41.8 Å². The van der Waals surface area contributed by atoms with E-state index in [-0.39, 0.29) is 16.9 Å². The molecule has 0 aliphatic heterocycles. The molecule has 2 aromatic rings. The largest absolute Gasteiger partial charge is 0.478 e. The number of carboxylic acids is 1. The molecule has 0 amide bonds. The third-order valence-corrected chi connectivity index (χ3v) is 2.68. The highest BCUT2D eigenvalue weighted by atomic mass is 19.1. The monoisotopic (exact) mass is 291 g/mol. The molecule has 21 heavy (non-hydrogen) atoms. The number of anilines is 3. The highest BCUT2D eigenvalue weighted by Gasteiger charge is 2.13. The summed E-state index contributed by atoms with van der Waals surface area (Å²) < 4.78 is 19.0. The van der Waals surface area contributed by atoms with Gasteiger partial charge in [0.15, 0.2) is 0 Å². The summed E-state index contributed by atoms with van der Waals surface area (Å²) in [7, 11) is 0. The zero-order chi connectivity index (χ0) is 15.4. The number of rotatable bonds is 5. The molecular weight excluding hydrogens is 277 g/mol. The van der Waals surface area contributed by atoms with Crippen LogP contribution in [0, 0.1) is 5.82 Å². The lowest BCUT2D eigenvalue weighted by atomic mass is 10.1. The summed E-state index contributed by atoms with van der Waals surface area (Å²) in [5.74, 6) is -1.42. The molecule has 2 rings (SSSR count). The Kier molecular flexibility index (Phi) is 4.22. The molecule has 1 aromatic carbocycles. The van der Waals surface area contributed by atoms with E-state index < -0.39 is 11.8 Å². The second kappa shape index (κ2) is 6.08. The van der Waals surface area contributed by atoms with Crippen molar-refractivity contribution < 1.29 is 19.0 Å². The summed E-state index contributed by atoms with van der Waals surface area (Å²) in [5, 5.41) is 11.7. The van der Waals surface area contributed by atoms with Crippen molar-refractivity contribution in [1.82, 2.24) is 4.98 Å². The summed E-state index contributed by atoms with van der Waals surface area (Å²) in [6, 6.07) is 5.38. The first-order valence-electron chi connectivity index (χ1n) is 6.19. The molecule has 4 N–H and O–H groups in total. The van der Waals surface area contributed by atoms with Gasteiger partial charge in [-0.1, -0.05) is 0 Å². The van der Waals surface area contributed by atoms with Gasteiger partial charge in [-0.2, -0.15) is 0 Å². The lowest BCUT2D eigenvalue weighted by Gasteiger charge is -2.10. The molecule has 0 aliphatic rings. The Balaban J connectivity index is 2.26. The molecule has 0 radical (unpaired) electrons. The minimum absolute atomic E-state index is 0.00700. The van der Waals surface area contributed by atoms with Crippen LogP contribution < -0.4 is 15.8 Å². The van der Waals surface area contributed by atoms with E-state index in [2.05, 4.69) is 10.3 Å². The first-order valence-corrected chi connectivity index (χ1v) is 6.19. The molecule has 0 bridgehead atoms. The van der Waals surface area contributed by atoms with Crippen LogP contribution in [0.1, 0.15) is 17.3 Å². The van der Waals surface area contributed by atoms with E-state index in [1.807, 2.05) is 6.92 Å². The van der Waals surface area contributed by atoms with E-state index in [1.54, 1.807) is 12.1 Å². The van der Waals surface area contributed by atoms with Gasteiger partial charge in [0, 0.05) is 11.8 Å². The number of pyridine rings is 1. The predicted molar refractivity (Wildman–Crippen MR) is 76.5 cm³/mol. The molecule has 0 fully saturated rings. The first kappa shape index (κ1) is 14.6. The number of carboxylic acid groups (broad SMARTS) is 1. The average Bonchev–Trinajstić information content (AvgIpc) is 2.43. The normalized spacial score (nSPS) is 10.2. The van der Waals surface area contributed by atoms with Gasteiger partial charge in [0.25, 0.3) is 0 Å². The minimum Gasteiger partial charge on any atom is -0.478 e. The van der Waals surface area contributed by atoms with Crippen molar-refractivity contribution >= 4 is 23.0 Å². The molecule has 7 heteroatoms. The highest BCUT2D eigenvalue weighted by molar-refractivity contribution is 5.95. The van der Waals surface area contributed by atoms with Crippen molar-refractivity contribution in [3.63, 3.8) is 0 Å². The maximum absolute atomic E-state index is 13.8. The van der Waals surface area contributed by atoms with Gasteiger partial charge in [0.05, 0.1) is 29.7 Å².